The molecule has 1 fully saturated rings. The topological polar surface area (TPSA) is 84.9 Å². The SMILES string of the molecule is CC1(C)[C@H](C(=O)O)[C@@H]1C(=O)NCCc1ccc2c(c1)OCCO2. The maximum Gasteiger partial charge on any atom is 0.307 e. The number of nitrogens with one attached hydrogen (secondary N) is 1. The van der Waals surface area contributed by atoms with Crippen LogP contribution >= 0.6 is 0 Å². The van der Waals surface area contributed by atoms with Gasteiger partial charge in [-0.25, -0.2) is 0 Å². The summed E-state index contributed by atoms with van der Waals surface area (Å²) >= 11 is 0. The molecule has 2 N–H and O–H groups in total. The molecule has 0 aromatic heterocycles. The number of hydrogen-bond acceptors (Lipinski definition) is 4. The van der Waals surface area contributed by atoms with Gasteiger partial charge in [0.25, 0.3) is 0 Å². The van der Waals surface area contributed by atoms with Crippen molar-refractivity contribution in [3.05, 3.63) is 23.8 Å². The van der Waals surface area contributed by atoms with Crippen LogP contribution in [0, 0.1) is 17.3 Å². The quantitative estimate of drug-likeness (QED) is 0.858. The number of ether oxygens (including phenoxy) is 2. The van der Waals surface area contributed by atoms with Gasteiger partial charge in [0.2, 0.25) is 5.91 Å². The van der Waals surface area contributed by atoms with Crippen molar-refractivity contribution in [2.45, 2.75) is 20.3 Å². The van der Waals surface area contributed by atoms with Gasteiger partial charge in [-0.1, -0.05) is 19.9 Å². The van der Waals surface area contributed by atoms with Gasteiger partial charge in [0.15, 0.2) is 11.5 Å². The van der Waals surface area contributed by atoms with Gasteiger partial charge in [-0.2, -0.15) is 0 Å². The van der Waals surface area contributed by atoms with E-state index in [1.165, 1.54) is 0 Å². The first-order valence-electron chi connectivity index (χ1n) is 7.80. The molecule has 2 atom stereocenters. The number of carboxylic acid groups (broad SMARTS) is 1. The molecule has 0 unspecified atom stereocenters. The first-order valence-corrected chi connectivity index (χ1v) is 7.80. The Morgan fingerprint density at radius 1 is 1.22 bits per heavy atom. The molecule has 1 saturated carbocycles. The molecule has 2 aliphatic rings. The molecule has 0 bridgehead atoms. The Bertz CT molecular complexity index is 640. The smallest absolute Gasteiger partial charge is 0.307 e. The van der Waals surface area contributed by atoms with Gasteiger partial charge >= 0.3 is 5.97 Å². The van der Waals surface area contributed by atoms with E-state index in [9.17, 15) is 9.59 Å². The Morgan fingerprint density at radius 3 is 2.57 bits per heavy atom. The first-order chi connectivity index (χ1) is 10.9. The van der Waals surface area contributed by atoms with Crippen LogP contribution in [0.5, 0.6) is 11.5 Å². The van der Waals surface area contributed by atoms with Crippen molar-refractivity contribution in [2.75, 3.05) is 19.8 Å². The van der Waals surface area contributed by atoms with Gasteiger partial charge in [-0.15, -0.1) is 0 Å². The molecule has 0 spiro atoms. The van der Waals surface area contributed by atoms with E-state index in [1.807, 2.05) is 32.0 Å². The molecule has 1 aliphatic heterocycles. The normalized spacial score (nSPS) is 23.9. The van der Waals surface area contributed by atoms with Crippen LogP contribution in [0.2, 0.25) is 0 Å². The average molecular weight is 319 g/mol. The summed E-state index contributed by atoms with van der Waals surface area (Å²) < 4.78 is 11.0. The largest absolute Gasteiger partial charge is 0.486 e. The molecule has 0 radical (unpaired) electrons. The van der Waals surface area contributed by atoms with Crippen molar-refractivity contribution >= 4 is 11.9 Å². The van der Waals surface area contributed by atoms with Crippen LogP contribution in [0.3, 0.4) is 0 Å². The summed E-state index contributed by atoms with van der Waals surface area (Å²) in [6.07, 6.45) is 0.660. The predicted octanol–water partition coefficient (Wildman–Crippen LogP) is 1.47. The Morgan fingerprint density at radius 2 is 1.91 bits per heavy atom. The molecule has 0 saturated heterocycles. The minimum Gasteiger partial charge on any atom is -0.486 e. The van der Waals surface area contributed by atoms with Crippen molar-refractivity contribution in [2.24, 2.45) is 17.3 Å². The second-order valence-electron chi connectivity index (χ2n) is 6.63. The highest BCUT2D eigenvalue weighted by molar-refractivity contribution is 5.91. The van der Waals surface area contributed by atoms with Crippen LogP contribution in [-0.2, 0) is 16.0 Å². The Balaban J connectivity index is 1.52. The molecule has 1 heterocycles. The van der Waals surface area contributed by atoms with Crippen LogP contribution in [0.15, 0.2) is 18.2 Å². The zero-order valence-corrected chi connectivity index (χ0v) is 13.3. The van der Waals surface area contributed by atoms with Gasteiger partial charge in [0.05, 0.1) is 11.8 Å². The number of amides is 1. The van der Waals surface area contributed by atoms with Crippen molar-refractivity contribution in [1.29, 1.82) is 0 Å². The predicted molar refractivity (Wildman–Crippen MR) is 82.5 cm³/mol. The van der Waals surface area contributed by atoms with Gasteiger partial charge < -0.3 is 19.9 Å². The summed E-state index contributed by atoms with van der Waals surface area (Å²) in [4.78, 5) is 23.3. The van der Waals surface area contributed by atoms with E-state index in [2.05, 4.69) is 5.32 Å². The maximum atomic E-state index is 12.1. The highest BCUT2D eigenvalue weighted by Crippen LogP contribution is 2.58. The summed E-state index contributed by atoms with van der Waals surface area (Å²) in [5, 5.41) is 12.0. The number of rotatable bonds is 5. The molecular formula is C17H21NO5. The van der Waals surface area contributed by atoms with Gasteiger partial charge in [-0.05, 0) is 29.5 Å². The lowest BCUT2D eigenvalue weighted by atomic mass is 10.1. The summed E-state index contributed by atoms with van der Waals surface area (Å²) in [6, 6.07) is 5.73. The number of benzene rings is 1. The zero-order chi connectivity index (χ0) is 16.6. The Hall–Kier alpha value is -2.24. The maximum absolute atomic E-state index is 12.1. The lowest BCUT2D eigenvalue weighted by Crippen LogP contribution is -2.29. The lowest BCUT2D eigenvalue weighted by molar-refractivity contribution is -0.140. The van der Waals surface area contributed by atoms with Crippen LogP contribution in [-0.4, -0.2) is 36.7 Å². The molecule has 1 amide bonds. The third-order valence-corrected chi connectivity index (χ3v) is 4.70. The number of fused-ring (bicyclic) bond motifs is 1. The highest BCUT2D eigenvalue weighted by Gasteiger charge is 2.65. The molecule has 3 rings (SSSR count). The van der Waals surface area contributed by atoms with E-state index < -0.39 is 23.2 Å². The van der Waals surface area contributed by atoms with E-state index >= 15 is 0 Å². The summed E-state index contributed by atoms with van der Waals surface area (Å²) in [5.41, 5.74) is 0.576. The monoisotopic (exact) mass is 319 g/mol. The van der Waals surface area contributed by atoms with Crippen LogP contribution in [0.25, 0.3) is 0 Å². The minimum absolute atomic E-state index is 0.181. The fourth-order valence-electron chi connectivity index (χ4n) is 3.27. The number of hydrogen-bond donors (Lipinski definition) is 2. The van der Waals surface area contributed by atoms with Crippen molar-refractivity contribution in [3.63, 3.8) is 0 Å². The number of aliphatic carboxylic acids is 1. The van der Waals surface area contributed by atoms with Crippen molar-refractivity contribution in [3.8, 4) is 11.5 Å². The summed E-state index contributed by atoms with van der Waals surface area (Å²) in [6.45, 7) is 5.20. The molecule has 1 aromatic rings. The van der Waals surface area contributed by atoms with Gasteiger partial charge in [-0.3, -0.25) is 9.59 Å². The molecule has 1 aromatic carbocycles. The minimum atomic E-state index is -0.901. The molecule has 6 heteroatoms. The van der Waals surface area contributed by atoms with Gasteiger partial charge in [0.1, 0.15) is 13.2 Å². The fraction of sp³-hybridized carbons (Fsp3) is 0.529. The molecule has 6 nitrogen and oxygen atoms in total. The summed E-state index contributed by atoms with van der Waals surface area (Å²) in [7, 11) is 0. The van der Waals surface area contributed by atoms with E-state index in [1.54, 1.807) is 0 Å². The second-order valence-corrected chi connectivity index (χ2v) is 6.63. The lowest BCUT2D eigenvalue weighted by Gasteiger charge is -2.18. The highest BCUT2D eigenvalue weighted by atomic mass is 16.6. The standard InChI is InChI=1S/C17H21NO5/c1-17(2)13(14(17)16(20)21)15(19)18-6-5-10-3-4-11-12(9-10)23-8-7-22-11/h3-4,9,13-14H,5-8H2,1-2H3,(H,18,19)(H,20,21)/t13-,14+/m1/s1. The van der Waals surface area contributed by atoms with E-state index in [4.69, 9.17) is 14.6 Å². The third kappa shape index (κ3) is 2.98. The second kappa shape index (κ2) is 5.76. The Labute approximate surface area is 134 Å². The van der Waals surface area contributed by atoms with Crippen LogP contribution < -0.4 is 14.8 Å². The van der Waals surface area contributed by atoms with Gasteiger partial charge in [0, 0.05) is 6.54 Å². The van der Waals surface area contributed by atoms with Crippen molar-refractivity contribution in [1.82, 2.24) is 5.32 Å². The Kier molecular flexibility index (Phi) is 3.92. The number of carbonyl (C=O) groups excluding carboxylic acids is 1. The first kappa shape index (κ1) is 15.6. The van der Waals surface area contributed by atoms with Crippen molar-refractivity contribution < 1.29 is 24.2 Å². The zero-order valence-electron chi connectivity index (χ0n) is 13.3. The summed E-state index contributed by atoms with van der Waals surface area (Å²) in [5.74, 6) is -0.638. The molecule has 1 aliphatic carbocycles. The number of carboxylic acids is 1. The average Bonchev–Trinajstić information content (AvgIpc) is 3.10. The number of carbonyl (C=O) groups is 2. The van der Waals surface area contributed by atoms with Crippen LogP contribution in [0.1, 0.15) is 19.4 Å². The van der Waals surface area contributed by atoms with E-state index in [-0.39, 0.29) is 5.91 Å². The molecule has 23 heavy (non-hydrogen) atoms. The molecular weight excluding hydrogens is 298 g/mol. The fourth-order valence-corrected chi connectivity index (χ4v) is 3.27. The molecule has 124 valence electrons. The van der Waals surface area contributed by atoms with Crippen LogP contribution in [0.4, 0.5) is 0 Å². The van der Waals surface area contributed by atoms with E-state index in [0.717, 1.165) is 17.1 Å². The van der Waals surface area contributed by atoms with E-state index in [0.29, 0.717) is 26.2 Å². The third-order valence-electron chi connectivity index (χ3n) is 4.70.